The number of hydrogen-bond acceptors (Lipinski definition) is 2. The van der Waals surface area contributed by atoms with Gasteiger partial charge in [-0.3, -0.25) is 4.79 Å². The molecule has 0 heterocycles. The van der Waals surface area contributed by atoms with Crippen molar-refractivity contribution in [3.63, 3.8) is 0 Å². The van der Waals surface area contributed by atoms with Gasteiger partial charge in [0.05, 0.1) is 0 Å². The van der Waals surface area contributed by atoms with E-state index in [1.807, 2.05) is 4.90 Å². The molecule has 16 heavy (non-hydrogen) atoms. The second-order valence-electron chi connectivity index (χ2n) is 5.38. The summed E-state index contributed by atoms with van der Waals surface area (Å²) in [6.45, 7) is 12.2. The predicted molar refractivity (Wildman–Crippen MR) is 67.2 cm³/mol. The average Bonchev–Trinajstić information content (AvgIpc) is 2.15. The molecule has 1 amide bonds. The quantitative estimate of drug-likeness (QED) is 0.760. The Morgan fingerprint density at radius 1 is 1.25 bits per heavy atom. The van der Waals surface area contributed by atoms with Crippen LogP contribution in [0.15, 0.2) is 0 Å². The second kappa shape index (κ2) is 6.24. The lowest BCUT2D eigenvalue weighted by atomic mass is 10.0. The van der Waals surface area contributed by atoms with Crippen molar-refractivity contribution in [2.45, 2.75) is 66.0 Å². The predicted octanol–water partition coefficient (Wildman–Crippen LogP) is 2.43. The van der Waals surface area contributed by atoms with Crippen molar-refractivity contribution in [1.82, 2.24) is 4.90 Å². The van der Waals surface area contributed by atoms with E-state index in [2.05, 4.69) is 27.7 Å². The van der Waals surface area contributed by atoms with E-state index in [4.69, 9.17) is 0 Å². The third-order valence-corrected chi connectivity index (χ3v) is 2.73. The molecule has 0 aromatic carbocycles. The fourth-order valence-electron chi connectivity index (χ4n) is 1.87. The number of amides is 1. The largest absolute Gasteiger partial charge is 0.381 e. The van der Waals surface area contributed by atoms with Crippen molar-refractivity contribution in [2.24, 2.45) is 5.92 Å². The van der Waals surface area contributed by atoms with Gasteiger partial charge in [0.25, 0.3) is 5.91 Å². The summed E-state index contributed by atoms with van der Waals surface area (Å²) in [7, 11) is 0. The van der Waals surface area contributed by atoms with Gasteiger partial charge in [0.15, 0.2) is 0 Å². The third-order valence-electron chi connectivity index (χ3n) is 2.73. The first-order valence-corrected chi connectivity index (χ1v) is 6.27. The molecule has 0 aromatic heterocycles. The summed E-state index contributed by atoms with van der Waals surface area (Å²) >= 11 is 0. The number of rotatable bonds is 6. The molecule has 0 atom stereocenters. The van der Waals surface area contributed by atoms with E-state index in [0.717, 1.165) is 19.4 Å². The number of hydrogen-bond donors (Lipinski definition) is 1. The van der Waals surface area contributed by atoms with E-state index in [1.165, 1.54) is 0 Å². The summed E-state index contributed by atoms with van der Waals surface area (Å²) in [5.41, 5.74) is -1.27. The molecule has 0 fully saturated rings. The Bertz CT molecular complexity index is 214. The molecule has 0 spiro atoms. The molecule has 0 bridgehead atoms. The fourth-order valence-corrected chi connectivity index (χ4v) is 1.87. The first-order valence-electron chi connectivity index (χ1n) is 6.27. The lowest BCUT2D eigenvalue weighted by molar-refractivity contribution is -0.151. The van der Waals surface area contributed by atoms with Crippen LogP contribution in [-0.2, 0) is 4.79 Å². The Morgan fingerprint density at radius 3 is 1.94 bits per heavy atom. The highest BCUT2D eigenvalue weighted by Gasteiger charge is 2.32. The van der Waals surface area contributed by atoms with E-state index < -0.39 is 5.60 Å². The van der Waals surface area contributed by atoms with Crippen LogP contribution in [0.4, 0.5) is 0 Å². The third kappa shape index (κ3) is 4.52. The molecule has 3 heteroatoms. The van der Waals surface area contributed by atoms with Gasteiger partial charge in [-0.25, -0.2) is 0 Å². The number of carbonyl (C=O) groups excluding carboxylic acids is 1. The fraction of sp³-hybridized carbons (Fsp3) is 0.923. The number of nitrogens with zero attached hydrogens (tertiary/aromatic N) is 1. The van der Waals surface area contributed by atoms with Gasteiger partial charge in [-0.05, 0) is 32.6 Å². The minimum absolute atomic E-state index is 0.157. The molecule has 0 saturated carbocycles. The summed E-state index contributed by atoms with van der Waals surface area (Å²) in [5.74, 6) is 0.266. The highest BCUT2D eigenvalue weighted by Crippen LogP contribution is 2.17. The molecule has 0 radical (unpaired) electrons. The average molecular weight is 229 g/mol. The highest BCUT2D eigenvalue weighted by molar-refractivity contribution is 5.84. The zero-order valence-electron chi connectivity index (χ0n) is 11.6. The molecule has 96 valence electrons. The lowest BCUT2D eigenvalue weighted by Gasteiger charge is -2.35. The van der Waals surface area contributed by atoms with Crippen LogP contribution in [0.2, 0.25) is 0 Å². The van der Waals surface area contributed by atoms with Crippen LogP contribution >= 0.6 is 0 Å². The van der Waals surface area contributed by atoms with Gasteiger partial charge in [0, 0.05) is 12.6 Å². The SMILES string of the molecule is CCC(CC)N(CC(C)C)C(=O)C(C)(C)O. The summed E-state index contributed by atoms with van der Waals surface area (Å²) < 4.78 is 0. The monoisotopic (exact) mass is 229 g/mol. The summed E-state index contributed by atoms with van der Waals surface area (Å²) in [6, 6.07) is 0.237. The number of aliphatic hydroxyl groups is 1. The smallest absolute Gasteiger partial charge is 0.254 e. The Kier molecular flexibility index (Phi) is 6.01. The van der Waals surface area contributed by atoms with E-state index >= 15 is 0 Å². The summed E-state index contributed by atoms with van der Waals surface area (Å²) in [4.78, 5) is 14.0. The van der Waals surface area contributed by atoms with Crippen molar-refractivity contribution in [3.05, 3.63) is 0 Å². The van der Waals surface area contributed by atoms with Crippen LogP contribution in [0, 0.1) is 5.92 Å². The van der Waals surface area contributed by atoms with E-state index in [0.29, 0.717) is 5.92 Å². The molecule has 0 aliphatic heterocycles. The van der Waals surface area contributed by atoms with Crippen LogP contribution in [0.1, 0.15) is 54.4 Å². The normalized spacial score (nSPS) is 12.3. The van der Waals surface area contributed by atoms with Gasteiger partial charge in [-0.1, -0.05) is 27.7 Å². The Morgan fingerprint density at radius 2 is 1.69 bits per heavy atom. The summed E-state index contributed by atoms with van der Waals surface area (Å²) in [6.07, 6.45) is 1.87. The zero-order chi connectivity index (χ0) is 12.9. The van der Waals surface area contributed by atoms with Crippen LogP contribution in [0.25, 0.3) is 0 Å². The minimum atomic E-state index is -1.27. The van der Waals surface area contributed by atoms with Gasteiger partial charge in [0.1, 0.15) is 5.60 Å². The standard InChI is InChI=1S/C13H27NO2/c1-7-11(8-2)14(9-10(3)4)12(15)13(5,6)16/h10-11,16H,7-9H2,1-6H3. The molecule has 1 N–H and O–H groups in total. The van der Waals surface area contributed by atoms with Gasteiger partial charge in [0.2, 0.25) is 0 Å². The van der Waals surface area contributed by atoms with Gasteiger partial charge in [-0.2, -0.15) is 0 Å². The van der Waals surface area contributed by atoms with Crippen molar-refractivity contribution in [3.8, 4) is 0 Å². The van der Waals surface area contributed by atoms with Crippen LogP contribution in [0.5, 0.6) is 0 Å². The van der Waals surface area contributed by atoms with Crippen LogP contribution in [-0.4, -0.2) is 34.1 Å². The number of carbonyl (C=O) groups is 1. The van der Waals surface area contributed by atoms with Crippen LogP contribution < -0.4 is 0 Å². The maximum atomic E-state index is 12.1. The van der Waals surface area contributed by atoms with Crippen molar-refractivity contribution >= 4 is 5.91 Å². The van der Waals surface area contributed by atoms with E-state index in [9.17, 15) is 9.90 Å². The molecule has 0 unspecified atom stereocenters. The Balaban J connectivity index is 4.86. The maximum absolute atomic E-state index is 12.1. The maximum Gasteiger partial charge on any atom is 0.254 e. The molecule has 0 rings (SSSR count). The molecule has 0 aromatic rings. The molecule has 3 nitrogen and oxygen atoms in total. The van der Waals surface area contributed by atoms with Gasteiger partial charge >= 0.3 is 0 Å². The Hall–Kier alpha value is -0.570. The van der Waals surface area contributed by atoms with E-state index in [1.54, 1.807) is 13.8 Å². The van der Waals surface area contributed by atoms with Crippen molar-refractivity contribution < 1.29 is 9.90 Å². The molecular formula is C13H27NO2. The highest BCUT2D eigenvalue weighted by atomic mass is 16.3. The molecular weight excluding hydrogens is 202 g/mol. The summed E-state index contributed by atoms with van der Waals surface area (Å²) in [5, 5.41) is 9.82. The first kappa shape index (κ1) is 15.4. The second-order valence-corrected chi connectivity index (χ2v) is 5.38. The zero-order valence-corrected chi connectivity index (χ0v) is 11.6. The first-order chi connectivity index (χ1) is 7.23. The van der Waals surface area contributed by atoms with Crippen LogP contribution in [0.3, 0.4) is 0 Å². The van der Waals surface area contributed by atoms with E-state index in [-0.39, 0.29) is 11.9 Å². The molecule has 0 aliphatic rings. The van der Waals surface area contributed by atoms with Crippen molar-refractivity contribution in [2.75, 3.05) is 6.54 Å². The minimum Gasteiger partial charge on any atom is -0.381 e. The lowest BCUT2D eigenvalue weighted by Crippen LogP contribution is -2.50. The topological polar surface area (TPSA) is 40.5 Å². The van der Waals surface area contributed by atoms with Gasteiger partial charge in [-0.15, -0.1) is 0 Å². The molecule has 0 saturated heterocycles. The Labute approximate surface area is 99.8 Å². The molecule has 0 aliphatic carbocycles. The van der Waals surface area contributed by atoms with Gasteiger partial charge < -0.3 is 10.0 Å². The van der Waals surface area contributed by atoms with Crippen molar-refractivity contribution in [1.29, 1.82) is 0 Å².